The third-order valence-electron chi connectivity index (χ3n) is 2.36. The van der Waals surface area contributed by atoms with Crippen LogP contribution < -0.4 is 5.32 Å². The monoisotopic (exact) mass is 233 g/mol. The second-order valence-corrected chi connectivity index (χ2v) is 3.49. The van der Waals surface area contributed by atoms with Crippen molar-refractivity contribution in [3.05, 3.63) is 0 Å². The summed E-state index contributed by atoms with van der Waals surface area (Å²) >= 11 is 0. The van der Waals surface area contributed by atoms with Gasteiger partial charge in [0.15, 0.2) is 0 Å². The van der Waals surface area contributed by atoms with Crippen LogP contribution >= 0.6 is 0 Å². The maximum Gasteiger partial charge on any atom is 0.329 e. The van der Waals surface area contributed by atoms with E-state index < -0.39 is 11.6 Å². The van der Waals surface area contributed by atoms with Crippen LogP contribution in [-0.2, 0) is 19.1 Å². The topological polar surface area (TPSA) is 84.9 Å². The summed E-state index contributed by atoms with van der Waals surface area (Å²) in [6.45, 7) is 3.63. The van der Waals surface area contributed by atoms with E-state index in [4.69, 9.17) is 14.6 Å². The Morgan fingerprint density at radius 2 is 2.06 bits per heavy atom. The summed E-state index contributed by atoms with van der Waals surface area (Å²) in [5.41, 5.74) is -0.840. The van der Waals surface area contributed by atoms with Crippen molar-refractivity contribution in [1.29, 1.82) is 0 Å². The van der Waals surface area contributed by atoms with Crippen LogP contribution in [0.5, 0.6) is 0 Å². The number of hydrogen-bond acceptors (Lipinski definition) is 4. The lowest BCUT2D eigenvalue weighted by Crippen LogP contribution is -2.46. The molecule has 0 aliphatic heterocycles. The van der Waals surface area contributed by atoms with Crippen molar-refractivity contribution in [2.45, 2.75) is 25.9 Å². The van der Waals surface area contributed by atoms with E-state index in [-0.39, 0.29) is 25.7 Å². The number of methoxy groups -OCH3 is 1. The third kappa shape index (κ3) is 5.09. The maximum absolute atomic E-state index is 11.6. The van der Waals surface area contributed by atoms with Crippen molar-refractivity contribution in [2.75, 3.05) is 26.9 Å². The van der Waals surface area contributed by atoms with E-state index in [0.717, 1.165) is 0 Å². The highest BCUT2D eigenvalue weighted by Crippen LogP contribution is 2.13. The van der Waals surface area contributed by atoms with Crippen LogP contribution in [0, 0.1) is 0 Å². The molecule has 6 nitrogen and oxygen atoms in total. The van der Waals surface area contributed by atoms with Gasteiger partial charge < -0.3 is 19.9 Å². The van der Waals surface area contributed by atoms with Crippen LogP contribution in [-0.4, -0.2) is 49.5 Å². The molecule has 0 aromatic carbocycles. The molecule has 0 fully saturated rings. The van der Waals surface area contributed by atoms with E-state index in [2.05, 4.69) is 5.32 Å². The standard InChI is InChI=1S/C10H19NO5/c1-4-10(2,15-3)9(14)11-5-6-16-7-8(12)13/h4-7H2,1-3H3,(H,11,14)(H,12,13). The summed E-state index contributed by atoms with van der Waals surface area (Å²) in [5, 5.41) is 10.9. The van der Waals surface area contributed by atoms with Gasteiger partial charge in [-0.05, 0) is 13.3 Å². The van der Waals surface area contributed by atoms with E-state index in [1.165, 1.54) is 7.11 Å². The highest BCUT2D eigenvalue weighted by molar-refractivity contribution is 5.84. The van der Waals surface area contributed by atoms with Gasteiger partial charge in [0.2, 0.25) is 0 Å². The Morgan fingerprint density at radius 1 is 1.44 bits per heavy atom. The normalized spacial score (nSPS) is 14.2. The zero-order valence-electron chi connectivity index (χ0n) is 9.91. The van der Waals surface area contributed by atoms with Crippen molar-refractivity contribution in [3.8, 4) is 0 Å². The van der Waals surface area contributed by atoms with Gasteiger partial charge in [-0.3, -0.25) is 4.79 Å². The molecule has 1 amide bonds. The average molecular weight is 233 g/mol. The molecular formula is C10H19NO5. The Bertz CT molecular complexity index is 237. The summed E-state index contributed by atoms with van der Waals surface area (Å²) in [7, 11) is 1.48. The molecule has 1 atom stereocenters. The Balaban J connectivity index is 3.77. The summed E-state index contributed by atoms with van der Waals surface area (Å²) < 4.78 is 9.87. The lowest BCUT2D eigenvalue weighted by atomic mass is 10.0. The maximum atomic E-state index is 11.6. The smallest absolute Gasteiger partial charge is 0.329 e. The quantitative estimate of drug-likeness (QED) is 0.577. The zero-order chi connectivity index (χ0) is 12.6. The predicted molar refractivity (Wildman–Crippen MR) is 57.2 cm³/mol. The molecule has 0 saturated heterocycles. The van der Waals surface area contributed by atoms with Gasteiger partial charge >= 0.3 is 5.97 Å². The molecule has 0 spiro atoms. The average Bonchev–Trinajstić information content (AvgIpc) is 2.26. The van der Waals surface area contributed by atoms with Crippen LogP contribution in [0.2, 0.25) is 0 Å². The first kappa shape index (κ1) is 14.9. The van der Waals surface area contributed by atoms with Crippen LogP contribution in [0.1, 0.15) is 20.3 Å². The Hall–Kier alpha value is -1.14. The minimum Gasteiger partial charge on any atom is -0.480 e. The van der Waals surface area contributed by atoms with E-state index in [1.807, 2.05) is 6.92 Å². The third-order valence-corrected chi connectivity index (χ3v) is 2.36. The summed E-state index contributed by atoms with van der Waals surface area (Å²) in [4.78, 5) is 21.7. The molecule has 0 rings (SSSR count). The van der Waals surface area contributed by atoms with Gasteiger partial charge in [-0.15, -0.1) is 0 Å². The number of carbonyl (C=O) groups excluding carboxylic acids is 1. The van der Waals surface area contributed by atoms with Crippen LogP contribution in [0.4, 0.5) is 0 Å². The summed E-state index contributed by atoms with van der Waals surface area (Å²) in [6.07, 6.45) is 0.561. The van der Waals surface area contributed by atoms with Crippen molar-refractivity contribution >= 4 is 11.9 Å². The first-order valence-corrected chi connectivity index (χ1v) is 5.09. The number of nitrogens with one attached hydrogen (secondary N) is 1. The van der Waals surface area contributed by atoms with E-state index in [9.17, 15) is 9.59 Å². The number of ether oxygens (including phenoxy) is 2. The molecule has 0 aromatic rings. The molecule has 16 heavy (non-hydrogen) atoms. The number of hydrogen-bond donors (Lipinski definition) is 2. The largest absolute Gasteiger partial charge is 0.480 e. The fraction of sp³-hybridized carbons (Fsp3) is 0.800. The van der Waals surface area contributed by atoms with E-state index in [0.29, 0.717) is 6.42 Å². The summed E-state index contributed by atoms with van der Waals surface area (Å²) in [5.74, 6) is -1.25. The molecule has 0 saturated carbocycles. The SMILES string of the molecule is CCC(C)(OC)C(=O)NCCOCC(=O)O. The summed E-state index contributed by atoms with van der Waals surface area (Å²) in [6, 6.07) is 0. The van der Waals surface area contributed by atoms with Crippen molar-refractivity contribution in [2.24, 2.45) is 0 Å². The second-order valence-electron chi connectivity index (χ2n) is 3.49. The highest BCUT2D eigenvalue weighted by Gasteiger charge is 2.30. The molecular weight excluding hydrogens is 214 g/mol. The lowest BCUT2D eigenvalue weighted by Gasteiger charge is -2.25. The van der Waals surface area contributed by atoms with E-state index in [1.54, 1.807) is 6.92 Å². The van der Waals surface area contributed by atoms with Gasteiger partial charge in [0.1, 0.15) is 12.2 Å². The molecule has 2 N–H and O–H groups in total. The minimum atomic E-state index is -1.03. The Labute approximate surface area is 94.9 Å². The Morgan fingerprint density at radius 3 is 2.50 bits per heavy atom. The molecule has 1 unspecified atom stereocenters. The number of carboxylic acid groups (broad SMARTS) is 1. The van der Waals surface area contributed by atoms with Gasteiger partial charge in [-0.2, -0.15) is 0 Å². The van der Waals surface area contributed by atoms with Gasteiger partial charge in [0.05, 0.1) is 6.61 Å². The molecule has 0 aliphatic carbocycles. The molecule has 0 aromatic heterocycles. The number of carboxylic acids is 1. The lowest BCUT2D eigenvalue weighted by molar-refractivity contribution is -0.143. The fourth-order valence-corrected chi connectivity index (χ4v) is 0.981. The molecule has 6 heteroatoms. The number of rotatable bonds is 8. The molecule has 0 radical (unpaired) electrons. The van der Waals surface area contributed by atoms with Crippen LogP contribution in [0.25, 0.3) is 0 Å². The van der Waals surface area contributed by atoms with Crippen LogP contribution in [0.3, 0.4) is 0 Å². The first-order chi connectivity index (χ1) is 7.46. The van der Waals surface area contributed by atoms with Gasteiger partial charge in [0.25, 0.3) is 5.91 Å². The predicted octanol–water partition coefficient (Wildman–Crippen LogP) is 0.0189. The second kappa shape index (κ2) is 7.19. The van der Waals surface area contributed by atoms with E-state index >= 15 is 0 Å². The highest BCUT2D eigenvalue weighted by atomic mass is 16.5. The number of carbonyl (C=O) groups is 2. The molecule has 94 valence electrons. The van der Waals surface area contributed by atoms with Gasteiger partial charge in [-0.25, -0.2) is 4.79 Å². The van der Waals surface area contributed by atoms with Crippen molar-refractivity contribution in [1.82, 2.24) is 5.32 Å². The minimum absolute atomic E-state index is 0.168. The molecule has 0 aliphatic rings. The Kier molecular flexibility index (Phi) is 6.67. The van der Waals surface area contributed by atoms with Crippen molar-refractivity contribution in [3.63, 3.8) is 0 Å². The van der Waals surface area contributed by atoms with Gasteiger partial charge in [0, 0.05) is 13.7 Å². The number of aliphatic carboxylic acids is 1. The van der Waals surface area contributed by atoms with Crippen molar-refractivity contribution < 1.29 is 24.2 Å². The zero-order valence-corrected chi connectivity index (χ0v) is 9.91. The first-order valence-electron chi connectivity index (χ1n) is 5.09. The van der Waals surface area contributed by atoms with Crippen LogP contribution in [0.15, 0.2) is 0 Å². The van der Waals surface area contributed by atoms with Gasteiger partial charge in [-0.1, -0.05) is 6.92 Å². The molecule has 0 bridgehead atoms. The number of amides is 1. The molecule has 0 heterocycles. The fourth-order valence-electron chi connectivity index (χ4n) is 0.981.